The maximum absolute atomic E-state index is 11.7. The first kappa shape index (κ1) is 15.9. The summed E-state index contributed by atoms with van der Waals surface area (Å²) in [6, 6.07) is 1.73. The van der Waals surface area contributed by atoms with Gasteiger partial charge in [0, 0.05) is 16.0 Å². The number of rotatable bonds is 1. The average molecular weight is 281 g/mol. The first-order chi connectivity index (χ1) is 8.37. The fourth-order valence-electron chi connectivity index (χ4n) is 2.21. The molecule has 0 atom stereocenters. The summed E-state index contributed by atoms with van der Waals surface area (Å²) in [5.74, 6) is -0.419. The molecule has 1 aromatic rings. The van der Waals surface area contributed by atoms with Crippen molar-refractivity contribution in [1.82, 2.24) is 0 Å². The maximum Gasteiger partial charge on any atom is 0.250 e. The molecule has 1 aromatic carbocycles. The molecule has 0 aliphatic rings. The average Bonchev–Trinajstić information content (AvgIpc) is 2.16. The van der Waals surface area contributed by atoms with Crippen LogP contribution in [0.25, 0.3) is 0 Å². The normalized spacial score (nSPS) is 12.6. The van der Waals surface area contributed by atoms with Gasteiger partial charge in [-0.2, -0.15) is 0 Å². The number of phenolic OH excluding ortho intramolecular Hbond substituents is 1. The lowest BCUT2D eigenvalue weighted by molar-refractivity contribution is 0.0994. The molecule has 3 nitrogen and oxygen atoms in total. The van der Waals surface area contributed by atoms with Gasteiger partial charge >= 0.3 is 0 Å². The molecule has 0 unspecified atom stereocenters. The van der Waals surface area contributed by atoms with E-state index in [9.17, 15) is 9.90 Å². The van der Waals surface area contributed by atoms with E-state index in [0.29, 0.717) is 16.0 Å². The Morgan fingerprint density at radius 2 is 1.63 bits per heavy atom. The van der Waals surface area contributed by atoms with Crippen LogP contribution in [0.3, 0.4) is 0 Å². The van der Waals surface area contributed by atoms with Crippen molar-refractivity contribution >= 4 is 18.5 Å². The fraction of sp³-hybridized carbons (Fsp3) is 0.533. The summed E-state index contributed by atoms with van der Waals surface area (Å²) < 4.78 is 0. The number of carbonyl (C=O) groups excluding carboxylic acids is 1. The van der Waals surface area contributed by atoms with Crippen molar-refractivity contribution in [2.75, 3.05) is 0 Å². The van der Waals surface area contributed by atoms with Crippen LogP contribution in [0.4, 0.5) is 0 Å². The van der Waals surface area contributed by atoms with Crippen molar-refractivity contribution in [1.29, 1.82) is 0 Å². The molecule has 1 rings (SSSR count). The van der Waals surface area contributed by atoms with Gasteiger partial charge in [-0.05, 0) is 16.9 Å². The Balaban J connectivity index is 3.84. The molecule has 0 radical (unpaired) electrons. The quantitative estimate of drug-likeness (QED) is 0.691. The molecule has 1 amide bonds. The van der Waals surface area contributed by atoms with Gasteiger partial charge < -0.3 is 10.8 Å². The lowest BCUT2D eigenvalue weighted by Crippen LogP contribution is -2.24. The zero-order valence-electron chi connectivity index (χ0n) is 12.5. The second kappa shape index (κ2) is 4.75. The summed E-state index contributed by atoms with van der Waals surface area (Å²) in [5, 5.41) is 10.6. The molecule has 4 heteroatoms. The van der Waals surface area contributed by atoms with E-state index in [2.05, 4.69) is 12.6 Å². The zero-order chi connectivity index (χ0) is 15.2. The highest BCUT2D eigenvalue weighted by atomic mass is 32.1. The van der Waals surface area contributed by atoms with Crippen LogP contribution < -0.4 is 5.73 Å². The number of hydrogen-bond acceptors (Lipinski definition) is 3. The Labute approximate surface area is 120 Å². The third kappa shape index (κ3) is 3.06. The Morgan fingerprint density at radius 3 is 1.95 bits per heavy atom. The van der Waals surface area contributed by atoms with Crippen LogP contribution in [0.5, 0.6) is 5.75 Å². The number of carbonyl (C=O) groups is 1. The third-order valence-corrected chi connectivity index (χ3v) is 3.44. The highest BCUT2D eigenvalue weighted by molar-refractivity contribution is 7.80. The highest BCUT2D eigenvalue weighted by Crippen LogP contribution is 2.43. The molecule has 0 saturated heterocycles. The number of phenols is 1. The number of amides is 1. The molecule has 0 saturated carbocycles. The van der Waals surface area contributed by atoms with Crippen molar-refractivity contribution in [3.63, 3.8) is 0 Å². The largest absolute Gasteiger partial charge is 0.507 e. The van der Waals surface area contributed by atoms with Gasteiger partial charge in [-0.25, -0.2) is 0 Å². The smallest absolute Gasteiger partial charge is 0.250 e. The minimum Gasteiger partial charge on any atom is -0.507 e. The molecule has 0 heterocycles. The fourth-order valence-corrected chi connectivity index (χ4v) is 2.56. The minimum absolute atomic E-state index is 0.145. The minimum atomic E-state index is -0.564. The Morgan fingerprint density at radius 1 is 1.16 bits per heavy atom. The lowest BCUT2D eigenvalue weighted by Gasteiger charge is -2.29. The molecule has 0 aliphatic carbocycles. The Kier molecular flexibility index (Phi) is 3.97. The molecule has 106 valence electrons. The zero-order valence-corrected chi connectivity index (χ0v) is 13.4. The van der Waals surface area contributed by atoms with Gasteiger partial charge in [0.15, 0.2) is 0 Å². The molecule has 0 fully saturated rings. The SMILES string of the molecule is CC(C)(C)c1cc(S)c(C(N)=O)c(C(C)(C)C)c1O. The monoisotopic (exact) mass is 281 g/mol. The number of aromatic hydroxyl groups is 1. The van der Waals surface area contributed by atoms with E-state index in [1.165, 1.54) is 0 Å². The molecule has 3 N–H and O–H groups in total. The van der Waals surface area contributed by atoms with E-state index in [0.717, 1.165) is 5.56 Å². The third-order valence-electron chi connectivity index (χ3n) is 3.08. The molecule has 0 aliphatic heterocycles. The van der Waals surface area contributed by atoms with Gasteiger partial charge in [-0.15, -0.1) is 12.6 Å². The van der Waals surface area contributed by atoms with Crippen molar-refractivity contribution in [2.24, 2.45) is 5.73 Å². The number of benzene rings is 1. The lowest BCUT2D eigenvalue weighted by atomic mass is 9.77. The number of hydrogen-bond donors (Lipinski definition) is 3. The molecule has 19 heavy (non-hydrogen) atoms. The van der Waals surface area contributed by atoms with Gasteiger partial charge in [0.1, 0.15) is 5.75 Å². The molecule has 0 aromatic heterocycles. The van der Waals surface area contributed by atoms with Crippen molar-refractivity contribution in [3.05, 3.63) is 22.8 Å². The van der Waals surface area contributed by atoms with E-state index >= 15 is 0 Å². The van der Waals surface area contributed by atoms with E-state index in [1.807, 2.05) is 41.5 Å². The number of nitrogens with two attached hydrogens (primary N) is 1. The number of primary amides is 1. The highest BCUT2D eigenvalue weighted by Gasteiger charge is 2.31. The van der Waals surface area contributed by atoms with E-state index in [4.69, 9.17) is 5.73 Å². The van der Waals surface area contributed by atoms with Gasteiger partial charge in [-0.3, -0.25) is 4.79 Å². The van der Waals surface area contributed by atoms with Crippen LogP contribution in [0.1, 0.15) is 63.0 Å². The Bertz CT molecular complexity index is 522. The van der Waals surface area contributed by atoms with Crippen molar-refractivity contribution < 1.29 is 9.90 Å². The van der Waals surface area contributed by atoms with Crippen LogP contribution >= 0.6 is 12.6 Å². The summed E-state index contributed by atoms with van der Waals surface area (Å²) in [7, 11) is 0. The van der Waals surface area contributed by atoms with Gasteiger partial charge in [0.05, 0.1) is 5.56 Å². The summed E-state index contributed by atoms with van der Waals surface area (Å²) in [4.78, 5) is 12.2. The van der Waals surface area contributed by atoms with Crippen LogP contribution in [0.2, 0.25) is 0 Å². The van der Waals surface area contributed by atoms with E-state index in [1.54, 1.807) is 6.07 Å². The predicted octanol–water partition coefficient (Wildman–Crippen LogP) is 3.37. The van der Waals surface area contributed by atoms with Crippen LogP contribution in [0.15, 0.2) is 11.0 Å². The summed E-state index contributed by atoms with van der Waals surface area (Å²) in [6.07, 6.45) is 0. The van der Waals surface area contributed by atoms with Crippen LogP contribution in [-0.2, 0) is 10.8 Å². The van der Waals surface area contributed by atoms with E-state index in [-0.39, 0.29) is 11.2 Å². The Hall–Kier alpha value is -1.16. The van der Waals surface area contributed by atoms with Crippen LogP contribution in [0, 0.1) is 0 Å². The first-order valence-corrected chi connectivity index (χ1v) is 6.71. The summed E-state index contributed by atoms with van der Waals surface area (Å²) >= 11 is 4.38. The second-order valence-electron chi connectivity index (χ2n) is 6.91. The summed E-state index contributed by atoms with van der Waals surface area (Å²) in [5.41, 5.74) is 6.45. The maximum atomic E-state index is 11.7. The standard InChI is InChI=1S/C15H23NO2S/c1-14(2,3)8-7-9(19)10(13(16)18)11(12(8)17)15(4,5)6/h7,17,19H,1-6H3,(H2,16,18). The van der Waals surface area contributed by atoms with Crippen molar-refractivity contribution in [2.45, 2.75) is 57.3 Å². The van der Waals surface area contributed by atoms with Gasteiger partial charge in [0.25, 0.3) is 0 Å². The van der Waals surface area contributed by atoms with Gasteiger partial charge in [0.2, 0.25) is 5.91 Å². The molecular formula is C15H23NO2S. The van der Waals surface area contributed by atoms with Crippen molar-refractivity contribution in [3.8, 4) is 5.75 Å². The second-order valence-corrected chi connectivity index (χ2v) is 7.39. The molecule has 0 bridgehead atoms. The van der Waals surface area contributed by atoms with Gasteiger partial charge in [-0.1, -0.05) is 41.5 Å². The molecule has 0 spiro atoms. The topological polar surface area (TPSA) is 63.3 Å². The summed E-state index contributed by atoms with van der Waals surface area (Å²) in [6.45, 7) is 11.8. The van der Waals surface area contributed by atoms with E-state index < -0.39 is 11.3 Å². The first-order valence-electron chi connectivity index (χ1n) is 6.27. The predicted molar refractivity (Wildman–Crippen MR) is 81.3 cm³/mol. The molecular weight excluding hydrogens is 258 g/mol. The van der Waals surface area contributed by atoms with Crippen LogP contribution in [-0.4, -0.2) is 11.0 Å². The number of thiol groups is 1.